The van der Waals surface area contributed by atoms with E-state index >= 15 is 0 Å². The Labute approximate surface area is 138 Å². The summed E-state index contributed by atoms with van der Waals surface area (Å²) < 4.78 is 18.7. The maximum atomic E-state index is 14.1. The van der Waals surface area contributed by atoms with Gasteiger partial charge in [-0.05, 0) is 25.0 Å². The number of hydrogen-bond acceptors (Lipinski definition) is 6. The minimum Gasteiger partial charge on any atom is -0.465 e. The van der Waals surface area contributed by atoms with Gasteiger partial charge in [-0.25, -0.2) is 19.2 Å². The Bertz CT molecular complexity index is 807. The van der Waals surface area contributed by atoms with E-state index in [2.05, 4.69) is 19.7 Å². The monoisotopic (exact) mass is 328 g/mol. The second-order valence-electron chi connectivity index (χ2n) is 5.52. The second-order valence-corrected chi connectivity index (χ2v) is 5.52. The fourth-order valence-electron chi connectivity index (χ4n) is 2.64. The van der Waals surface area contributed by atoms with Gasteiger partial charge < -0.3 is 10.5 Å². The lowest BCUT2D eigenvalue weighted by molar-refractivity contribution is 0.0595. The van der Waals surface area contributed by atoms with Crippen molar-refractivity contribution in [2.75, 3.05) is 19.4 Å². The fraction of sp³-hybridized carbons (Fsp3) is 0.294. The summed E-state index contributed by atoms with van der Waals surface area (Å²) in [6.07, 6.45) is 5.43. The number of aliphatic imine (C=N–C) groups is 1. The molecule has 24 heavy (non-hydrogen) atoms. The number of hydrogen-bond donors (Lipinski definition) is 1. The lowest BCUT2D eigenvalue weighted by atomic mass is 9.98. The van der Waals surface area contributed by atoms with Crippen molar-refractivity contribution in [3.63, 3.8) is 0 Å². The molecular formula is C17H17FN4O2. The van der Waals surface area contributed by atoms with E-state index in [0.717, 1.165) is 25.1 Å². The highest BCUT2D eigenvalue weighted by molar-refractivity contribution is 5.90. The number of esters is 1. The van der Waals surface area contributed by atoms with Crippen LogP contribution in [0.5, 0.6) is 0 Å². The van der Waals surface area contributed by atoms with Gasteiger partial charge in [0.25, 0.3) is 0 Å². The van der Waals surface area contributed by atoms with Crippen LogP contribution in [0.15, 0.2) is 29.4 Å². The SMILES string of the molecule is COC(=O)c1ccc(-c2nc(C3C=NCCC3)cnc2N)cc1F. The average Bonchev–Trinajstić information content (AvgIpc) is 2.62. The fourth-order valence-corrected chi connectivity index (χ4v) is 2.64. The van der Waals surface area contributed by atoms with Crippen molar-refractivity contribution < 1.29 is 13.9 Å². The van der Waals surface area contributed by atoms with Crippen molar-refractivity contribution in [2.24, 2.45) is 4.99 Å². The molecule has 1 aromatic heterocycles. The van der Waals surface area contributed by atoms with E-state index in [4.69, 9.17) is 5.73 Å². The molecule has 0 bridgehead atoms. The molecule has 0 amide bonds. The first-order valence-electron chi connectivity index (χ1n) is 7.60. The predicted octanol–water partition coefficient (Wildman–Crippen LogP) is 2.60. The molecule has 0 saturated heterocycles. The molecule has 1 unspecified atom stereocenters. The summed E-state index contributed by atoms with van der Waals surface area (Å²) in [5.41, 5.74) is 7.37. The highest BCUT2D eigenvalue weighted by Gasteiger charge is 2.18. The lowest BCUT2D eigenvalue weighted by Gasteiger charge is -2.16. The first-order valence-corrected chi connectivity index (χ1v) is 7.60. The topological polar surface area (TPSA) is 90.5 Å². The van der Waals surface area contributed by atoms with Crippen LogP contribution in [-0.2, 0) is 4.74 Å². The molecule has 0 saturated carbocycles. The van der Waals surface area contributed by atoms with Crippen molar-refractivity contribution in [3.05, 3.63) is 41.5 Å². The average molecular weight is 328 g/mol. The molecule has 124 valence electrons. The molecule has 3 rings (SSSR count). The van der Waals surface area contributed by atoms with Gasteiger partial charge in [-0.15, -0.1) is 0 Å². The molecule has 2 N–H and O–H groups in total. The van der Waals surface area contributed by atoms with Crippen molar-refractivity contribution in [3.8, 4) is 11.3 Å². The van der Waals surface area contributed by atoms with E-state index in [9.17, 15) is 9.18 Å². The van der Waals surface area contributed by atoms with Gasteiger partial charge in [0, 0.05) is 24.2 Å². The second kappa shape index (κ2) is 6.74. The number of carbonyl (C=O) groups is 1. The molecule has 1 aliphatic heterocycles. The zero-order valence-corrected chi connectivity index (χ0v) is 13.2. The summed E-state index contributed by atoms with van der Waals surface area (Å²) in [5, 5.41) is 0. The van der Waals surface area contributed by atoms with Crippen molar-refractivity contribution >= 4 is 18.0 Å². The van der Waals surface area contributed by atoms with Crippen LogP contribution in [0.1, 0.15) is 34.8 Å². The number of methoxy groups -OCH3 is 1. The number of rotatable bonds is 3. The van der Waals surface area contributed by atoms with E-state index in [-0.39, 0.29) is 17.3 Å². The molecule has 2 aromatic rings. The lowest BCUT2D eigenvalue weighted by Crippen LogP contribution is -2.11. The third kappa shape index (κ3) is 3.10. The smallest absolute Gasteiger partial charge is 0.340 e. The summed E-state index contributed by atoms with van der Waals surface area (Å²) in [6.45, 7) is 0.825. The third-order valence-electron chi connectivity index (χ3n) is 3.93. The molecule has 6 nitrogen and oxygen atoms in total. The van der Waals surface area contributed by atoms with Gasteiger partial charge in [0.05, 0.1) is 24.6 Å². The quantitative estimate of drug-likeness (QED) is 0.875. The van der Waals surface area contributed by atoms with E-state index in [0.29, 0.717) is 11.3 Å². The van der Waals surface area contributed by atoms with Crippen LogP contribution in [0.4, 0.5) is 10.2 Å². The van der Waals surface area contributed by atoms with Crippen LogP contribution in [0, 0.1) is 5.82 Å². The van der Waals surface area contributed by atoms with E-state index in [1.807, 2.05) is 6.21 Å². The minimum absolute atomic E-state index is 0.0878. The molecule has 0 radical (unpaired) electrons. The first-order chi connectivity index (χ1) is 11.6. The summed E-state index contributed by atoms with van der Waals surface area (Å²) in [7, 11) is 1.20. The number of nitrogens with two attached hydrogens (primary N) is 1. The Morgan fingerprint density at radius 1 is 1.42 bits per heavy atom. The number of ether oxygens (including phenoxy) is 1. The Morgan fingerprint density at radius 2 is 2.25 bits per heavy atom. The third-order valence-corrected chi connectivity index (χ3v) is 3.93. The van der Waals surface area contributed by atoms with Gasteiger partial charge in [0.1, 0.15) is 17.3 Å². The van der Waals surface area contributed by atoms with Gasteiger partial charge in [-0.2, -0.15) is 0 Å². The number of benzene rings is 1. The number of halogens is 1. The van der Waals surface area contributed by atoms with Crippen LogP contribution in [-0.4, -0.2) is 35.8 Å². The number of nitrogen functional groups attached to an aromatic ring is 1. The first kappa shape index (κ1) is 16.0. The largest absolute Gasteiger partial charge is 0.465 e. The molecular weight excluding hydrogens is 311 g/mol. The number of aromatic nitrogens is 2. The molecule has 1 aromatic carbocycles. The van der Waals surface area contributed by atoms with Gasteiger partial charge in [0.2, 0.25) is 0 Å². The summed E-state index contributed by atoms with van der Waals surface area (Å²) >= 11 is 0. The number of carbonyl (C=O) groups excluding carboxylic acids is 1. The molecule has 2 heterocycles. The summed E-state index contributed by atoms with van der Waals surface area (Å²) in [5.74, 6) is -1.13. The molecule has 0 aliphatic carbocycles. The van der Waals surface area contributed by atoms with Crippen molar-refractivity contribution in [1.82, 2.24) is 9.97 Å². The van der Waals surface area contributed by atoms with Crippen LogP contribution in [0.25, 0.3) is 11.3 Å². The molecule has 1 atom stereocenters. The van der Waals surface area contributed by atoms with Gasteiger partial charge in [-0.3, -0.25) is 4.99 Å². The summed E-state index contributed by atoms with van der Waals surface area (Å²) in [6, 6.07) is 4.15. The zero-order valence-electron chi connectivity index (χ0n) is 13.2. The standard InChI is InChI=1S/C17H17FN4O2/c1-24-17(23)12-5-4-10(7-13(12)18)15-16(19)21-9-14(22-15)11-3-2-6-20-8-11/h4-5,7-9,11H,2-3,6H2,1H3,(H2,19,21). The molecule has 0 fully saturated rings. The molecule has 0 spiro atoms. The maximum Gasteiger partial charge on any atom is 0.340 e. The predicted molar refractivity (Wildman–Crippen MR) is 88.5 cm³/mol. The normalized spacial score (nSPS) is 16.8. The van der Waals surface area contributed by atoms with Crippen LogP contribution in [0.2, 0.25) is 0 Å². The maximum absolute atomic E-state index is 14.1. The van der Waals surface area contributed by atoms with E-state index < -0.39 is 11.8 Å². The van der Waals surface area contributed by atoms with Crippen molar-refractivity contribution in [1.29, 1.82) is 0 Å². The number of anilines is 1. The Morgan fingerprint density at radius 3 is 2.92 bits per heavy atom. The minimum atomic E-state index is -0.731. The summed E-state index contributed by atoms with van der Waals surface area (Å²) in [4.78, 5) is 24.5. The van der Waals surface area contributed by atoms with Gasteiger partial charge in [0.15, 0.2) is 0 Å². The molecule has 1 aliphatic rings. The van der Waals surface area contributed by atoms with E-state index in [1.54, 1.807) is 12.3 Å². The Hall–Kier alpha value is -2.83. The number of nitrogens with zero attached hydrogens (tertiary/aromatic N) is 3. The van der Waals surface area contributed by atoms with Crippen LogP contribution < -0.4 is 5.73 Å². The Kier molecular flexibility index (Phi) is 4.50. The molecule has 7 heteroatoms. The van der Waals surface area contributed by atoms with Crippen LogP contribution >= 0.6 is 0 Å². The van der Waals surface area contributed by atoms with Crippen molar-refractivity contribution in [2.45, 2.75) is 18.8 Å². The Balaban J connectivity index is 1.99. The highest BCUT2D eigenvalue weighted by Crippen LogP contribution is 2.28. The van der Waals surface area contributed by atoms with Gasteiger partial charge in [-0.1, -0.05) is 6.07 Å². The highest BCUT2D eigenvalue weighted by atomic mass is 19.1. The zero-order chi connectivity index (χ0) is 17.1. The van der Waals surface area contributed by atoms with Crippen LogP contribution in [0.3, 0.4) is 0 Å². The van der Waals surface area contributed by atoms with E-state index in [1.165, 1.54) is 19.2 Å². The van der Waals surface area contributed by atoms with Gasteiger partial charge >= 0.3 is 5.97 Å².